The molecule has 0 spiro atoms. The van der Waals surface area contributed by atoms with Gasteiger partial charge < -0.3 is 10.1 Å². The third-order valence-corrected chi connectivity index (χ3v) is 6.88. The van der Waals surface area contributed by atoms with E-state index >= 15 is 0 Å². The first-order valence-electron chi connectivity index (χ1n) is 11.2. The lowest BCUT2D eigenvalue weighted by Crippen LogP contribution is -2.40. The lowest BCUT2D eigenvalue weighted by Gasteiger charge is -2.25. The topological polar surface area (TPSA) is 72.7 Å². The van der Waals surface area contributed by atoms with E-state index in [1.165, 1.54) is 28.0 Å². The van der Waals surface area contributed by atoms with Gasteiger partial charge in [0.05, 0.1) is 29.0 Å². The van der Waals surface area contributed by atoms with Crippen molar-refractivity contribution >= 4 is 29.0 Å². The molecule has 1 N–H and O–H groups in total. The summed E-state index contributed by atoms with van der Waals surface area (Å²) in [6, 6.07) is 21.5. The fraction of sp³-hybridized carbons (Fsp3) is 0.107. The summed E-state index contributed by atoms with van der Waals surface area (Å²) in [5.74, 6) is -0.0579. The summed E-state index contributed by atoms with van der Waals surface area (Å²) >= 11 is 1.25. The first-order chi connectivity index (χ1) is 17.4. The molecule has 0 aliphatic carbocycles. The van der Waals surface area contributed by atoms with Crippen LogP contribution < -0.4 is 24.9 Å². The van der Waals surface area contributed by atoms with Gasteiger partial charge in [-0.05, 0) is 60.5 Å². The smallest absolute Gasteiger partial charge is 0.271 e. The van der Waals surface area contributed by atoms with Crippen LogP contribution >= 0.6 is 11.3 Å². The van der Waals surface area contributed by atoms with E-state index in [9.17, 15) is 14.0 Å². The fourth-order valence-electron chi connectivity index (χ4n) is 4.14. The third kappa shape index (κ3) is 4.50. The SMILES string of the molecule is COc1ccc(/C=c2/sc3n(c2=O)[C@@H](c2ccc(F)cc2)C(C(=O)Nc2ccccc2)=C(C)N=3)cc1. The zero-order valence-electron chi connectivity index (χ0n) is 19.6. The lowest BCUT2D eigenvalue weighted by atomic mass is 9.95. The molecule has 0 radical (unpaired) electrons. The molecular formula is C28H22FN3O3S. The van der Waals surface area contributed by atoms with E-state index in [0.29, 0.717) is 31.9 Å². The highest BCUT2D eigenvalue weighted by Gasteiger charge is 2.32. The first kappa shape index (κ1) is 23.4. The number of thiazole rings is 1. The summed E-state index contributed by atoms with van der Waals surface area (Å²) < 4.78 is 21.0. The molecule has 0 unspecified atom stereocenters. The quantitative estimate of drug-likeness (QED) is 0.451. The Morgan fingerprint density at radius 2 is 1.75 bits per heavy atom. The molecule has 6 nitrogen and oxygen atoms in total. The van der Waals surface area contributed by atoms with Crippen LogP contribution in [0.2, 0.25) is 0 Å². The van der Waals surface area contributed by atoms with Crippen molar-refractivity contribution in [3.05, 3.63) is 127 Å². The Hall–Kier alpha value is -4.30. The number of allylic oxidation sites excluding steroid dienone is 1. The number of carbonyl (C=O) groups is 1. The van der Waals surface area contributed by atoms with Gasteiger partial charge in [-0.1, -0.05) is 53.8 Å². The molecule has 1 aliphatic rings. The van der Waals surface area contributed by atoms with Gasteiger partial charge in [-0.3, -0.25) is 14.2 Å². The van der Waals surface area contributed by atoms with Crippen LogP contribution in [-0.4, -0.2) is 17.6 Å². The van der Waals surface area contributed by atoms with E-state index in [1.807, 2.05) is 42.5 Å². The Bertz CT molecular complexity index is 1640. The number of anilines is 1. The zero-order valence-corrected chi connectivity index (χ0v) is 20.4. The highest BCUT2D eigenvalue weighted by atomic mass is 32.1. The largest absolute Gasteiger partial charge is 0.497 e. The van der Waals surface area contributed by atoms with Gasteiger partial charge in [0, 0.05) is 5.69 Å². The molecule has 1 aliphatic heterocycles. The van der Waals surface area contributed by atoms with Crippen molar-refractivity contribution in [3.63, 3.8) is 0 Å². The van der Waals surface area contributed by atoms with Crippen LogP contribution in [0.25, 0.3) is 6.08 Å². The van der Waals surface area contributed by atoms with Gasteiger partial charge >= 0.3 is 0 Å². The Labute approximate surface area is 210 Å². The maximum Gasteiger partial charge on any atom is 0.271 e. The highest BCUT2D eigenvalue weighted by Crippen LogP contribution is 2.31. The number of hydrogen-bond acceptors (Lipinski definition) is 5. The number of hydrogen-bond donors (Lipinski definition) is 1. The predicted molar refractivity (Wildman–Crippen MR) is 138 cm³/mol. The average Bonchev–Trinajstić information content (AvgIpc) is 3.19. The van der Waals surface area contributed by atoms with Crippen LogP contribution in [-0.2, 0) is 4.79 Å². The number of fused-ring (bicyclic) bond motifs is 1. The summed E-state index contributed by atoms with van der Waals surface area (Å²) in [5, 5.41) is 2.90. The van der Waals surface area contributed by atoms with Gasteiger partial charge in [0.1, 0.15) is 11.6 Å². The zero-order chi connectivity index (χ0) is 25.2. The van der Waals surface area contributed by atoms with Crippen molar-refractivity contribution < 1.29 is 13.9 Å². The number of nitrogens with zero attached hydrogens (tertiary/aromatic N) is 2. The first-order valence-corrected chi connectivity index (χ1v) is 12.0. The standard InChI is InChI=1S/C28H22FN3O3S/c1-17-24(26(33)31-21-6-4-3-5-7-21)25(19-10-12-20(29)13-11-19)32-27(34)23(36-28(32)30-17)16-18-8-14-22(35-2)15-9-18/h3-16,25H,1-2H3,(H,31,33)/b23-16+/t25-/m0/s1. The number of halogens is 1. The Morgan fingerprint density at radius 1 is 1.06 bits per heavy atom. The normalized spacial score (nSPS) is 15.3. The van der Waals surface area contributed by atoms with E-state index < -0.39 is 11.9 Å². The van der Waals surface area contributed by atoms with E-state index in [-0.39, 0.29) is 11.5 Å². The number of nitrogens with one attached hydrogen (secondary N) is 1. The number of methoxy groups -OCH3 is 1. The summed E-state index contributed by atoms with van der Waals surface area (Å²) in [5.41, 5.74) is 2.61. The number of rotatable bonds is 5. The van der Waals surface area contributed by atoms with Crippen molar-refractivity contribution in [1.29, 1.82) is 0 Å². The Kier molecular flexibility index (Phi) is 6.35. The van der Waals surface area contributed by atoms with Crippen molar-refractivity contribution in [2.75, 3.05) is 12.4 Å². The second kappa shape index (κ2) is 9.75. The second-order valence-corrected chi connectivity index (χ2v) is 9.24. The van der Waals surface area contributed by atoms with Gasteiger partial charge in [0.25, 0.3) is 11.5 Å². The van der Waals surface area contributed by atoms with Crippen molar-refractivity contribution in [2.45, 2.75) is 13.0 Å². The summed E-state index contributed by atoms with van der Waals surface area (Å²) in [6.45, 7) is 1.75. The lowest BCUT2D eigenvalue weighted by molar-refractivity contribution is -0.113. The molecule has 0 fully saturated rings. The number of ether oxygens (including phenoxy) is 1. The average molecular weight is 500 g/mol. The molecular weight excluding hydrogens is 477 g/mol. The number of amides is 1. The van der Waals surface area contributed by atoms with Crippen LogP contribution in [0.5, 0.6) is 5.75 Å². The van der Waals surface area contributed by atoms with Crippen molar-refractivity contribution in [2.24, 2.45) is 4.99 Å². The molecule has 2 heterocycles. The predicted octanol–water partition coefficient (Wildman–Crippen LogP) is 4.02. The maximum atomic E-state index is 13.8. The van der Waals surface area contributed by atoms with E-state index in [1.54, 1.807) is 44.4 Å². The molecule has 1 amide bonds. The minimum Gasteiger partial charge on any atom is -0.497 e. The van der Waals surface area contributed by atoms with Crippen LogP contribution in [0.1, 0.15) is 24.1 Å². The summed E-state index contributed by atoms with van der Waals surface area (Å²) in [4.78, 5) is 32.2. The molecule has 180 valence electrons. The van der Waals surface area contributed by atoms with Crippen molar-refractivity contribution in [3.8, 4) is 5.75 Å². The molecule has 0 saturated heterocycles. The van der Waals surface area contributed by atoms with E-state index in [2.05, 4.69) is 10.3 Å². The molecule has 5 rings (SSSR count). The van der Waals surface area contributed by atoms with Crippen LogP contribution in [0.3, 0.4) is 0 Å². The van der Waals surface area contributed by atoms with Crippen LogP contribution in [0.15, 0.2) is 99.9 Å². The Morgan fingerprint density at radius 3 is 2.42 bits per heavy atom. The summed E-state index contributed by atoms with van der Waals surface area (Å²) in [6.07, 6.45) is 1.79. The number of aromatic nitrogens is 1. The number of carbonyl (C=O) groups excluding carboxylic acids is 1. The van der Waals surface area contributed by atoms with E-state index in [0.717, 1.165) is 11.3 Å². The fourth-order valence-corrected chi connectivity index (χ4v) is 5.19. The Balaban J connectivity index is 1.65. The monoisotopic (exact) mass is 499 g/mol. The van der Waals surface area contributed by atoms with Gasteiger partial charge in [0.15, 0.2) is 4.80 Å². The third-order valence-electron chi connectivity index (χ3n) is 5.90. The second-order valence-electron chi connectivity index (χ2n) is 8.23. The van der Waals surface area contributed by atoms with Crippen LogP contribution in [0, 0.1) is 5.82 Å². The molecule has 8 heteroatoms. The molecule has 4 aromatic rings. The van der Waals surface area contributed by atoms with Gasteiger partial charge in [0.2, 0.25) is 0 Å². The maximum absolute atomic E-state index is 13.8. The molecule has 0 saturated carbocycles. The van der Waals surface area contributed by atoms with E-state index in [4.69, 9.17) is 4.74 Å². The number of para-hydroxylation sites is 1. The molecule has 36 heavy (non-hydrogen) atoms. The molecule has 0 bridgehead atoms. The van der Waals surface area contributed by atoms with Gasteiger partial charge in [-0.2, -0.15) is 0 Å². The minimum atomic E-state index is -0.761. The van der Waals surface area contributed by atoms with Crippen molar-refractivity contribution in [1.82, 2.24) is 4.57 Å². The number of benzene rings is 3. The highest BCUT2D eigenvalue weighted by molar-refractivity contribution is 7.07. The molecule has 3 aromatic carbocycles. The molecule has 1 atom stereocenters. The summed E-state index contributed by atoms with van der Waals surface area (Å²) in [7, 11) is 1.59. The van der Waals surface area contributed by atoms with Crippen LogP contribution in [0.4, 0.5) is 10.1 Å². The minimum absolute atomic E-state index is 0.276. The van der Waals surface area contributed by atoms with Gasteiger partial charge in [-0.15, -0.1) is 0 Å². The molecule has 1 aromatic heterocycles. The van der Waals surface area contributed by atoms with Gasteiger partial charge in [-0.25, -0.2) is 9.38 Å².